The van der Waals surface area contributed by atoms with Crippen molar-refractivity contribution in [2.45, 2.75) is 12.5 Å². The minimum Gasteiger partial charge on any atom is -0.396 e. The minimum absolute atomic E-state index is 0.0701. The van der Waals surface area contributed by atoms with Crippen molar-refractivity contribution in [2.75, 3.05) is 6.61 Å². The van der Waals surface area contributed by atoms with Crippen LogP contribution in [-0.4, -0.2) is 21.3 Å². The van der Waals surface area contributed by atoms with Gasteiger partial charge in [-0.25, -0.2) is 4.98 Å². The lowest BCUT2D eigenvalue weighted by molar-refractivity contribution is 0.268. The van der Waals surface area contributed by atoms with Gasteiger partial charge in [-0.15, -0.1) is 0 Å². The van der Waals surface area contributed by atoms with Crippen molar-refractivity contribution in [2.24, 2.45) is 5.92 Å². The van der Waals surface area contributed by atoms with Crippen molar-refractivity contribution in [1.82, 2.24) is 9.55 Å². The Morgan fingerprint density at radius 2 is 2.35 bits per heavy atom. The van der Waals surface area contributed by atoms with Gasteiger partial charge in [0, 0.05) is 18.6 Å². The highest BCUT2D eigenvalue weighted by atomic mass is 35.5. The summed E-state index contributed by atoms with van der Waals surface area (Å²) < 4.78 is 1.58. The molecule has 1 saturated carbocycles. The van der Waals surface area contributed by atoms with E-state index in [1.54, 1.807) is 29.1 Å². The Hall–Kier alpha value is -1.39. The molecule has 0 amide bonds. The summed E-state index contributed by atoms with van der Waals surface area (Å²) in [7, 11) is 0. The van der Waals surface area contributed by atoms with Crippen molar-refractivity contribution in [1.29, 1.82) is 0 Å². The minimum atomic E-state index is -0.124. The Morgan fingerprint density at radius 1 is 1.53 bits per heavy atom. The second-order valence-corrected chi connectivity index (χ2v) is 4.74. The number of benzene rings is 1. The zero-order valence-electron chi connectivity index (χ0n) is 9.01. The molecule has 1 N–H and O–H groups in total. The smallest absolute Gasteiger partial charge is 0.262 e. The Bertz CT molecular complexity index is 638. The van der Waals surface area contributed by atoms with Gasteiger partial charge in [0.05, 0.1) is 22.3 Å². The zero-order valence-corrected chi connectivity index (χ0v) is 9.76. The van der Waals surface area contributed by atoms with Gasteiger partial charge in [0.25, 0.3) is 5.56 Å². The van der Waals surface area contributed by atoms with Crippen LogP contribution in [0.2, 0.25) is 5.02 Å². The number of hydrogen-bond donors (Lipinski definition) is 1. The molecule has 1 heterocycles. The fourth-order valence-corrected chi connectivity index (χ4v) is 2.39. The predicted octanol–water partition coefficient (Wildman–Crippen LogP) is 1.60. The van der Waals surface area contributed by atoms with Gasteiger partial charge < -0.3 is 5.11 Å². The molecule has 0 aliphatic heterocycles. The van der Waals surface area contributed by atoms with Crippen LogP contribution in [0, 0.1) is 5.92 Å². The number of aromatic nitrogens is 2. The summed E-state index contributed by atoms with van der Waals surface area (Å²) in [6.45, 7) is 0.109. The number of aliphatic hydroxyl groups excluding tert-OH is 1. The molecule has 1 aliphatic rings. The summed E-state index contributed by atoms with van der Waals surface area (Å²) in [6.07, 6.45) is 2.37. The van der Waals surface area contributed by atoms with Crippen LogP contribution in [0.3, 0.4) is 0 Å². The molecule has 88 valence electrons. The molecule has 1 fully saturated rings. The molecule has 1 aromatic heterocycles. The normalized spacial score (nSPS) is 22.9. The van der Waals surface area contributed by atoms with E-state index in [1.165, 1.54) is 0 Å². The standard InChI is InChI=1S/C12H11ClN2O2/c13-8-2-1-3-9-11(8)12(17)15(6-14-9)10-4-7(10)5-16/h1-3,6-7,10,16H,4-5H2. The van der Waals surface area contributed by atoms with E-state index in [0.717, 1.165) is 6.42 Å². The molecule has 0 spiro atoms. The first kappa shape index (κ1) is 10.7. The Balaban J connectivity index is 2.20. The summed E-state index contributed by atoms with van der Waals surface area (Å²) in [6, 6.07) is 5.30. The van der Waals surface area contributed by atoms with E-state index >= 15 is 0 Å². The van der Waals surface area contributed by atoms with Gasteiger partial charge >= 0.3 is 0 Å². The van der Waals surface area contributed by atoms with Crippen LogP contribution >= 0.6 is 11.6 Å². The quantitative estimate of drug-likeness (QED) is 0.881. The van der Waals surface area contributed by atoms with Gasteiger partial charge in [-0.05, 0) is 18.6 Å². The molecule has 1 aliphatic carbocycles. The molecule has 3 rings (SSSR count). The van der Waals surface area contributed by atoms with Crippen molar-refractivity contribution in [3.05, 3.63) is 39.9 Å². The maximum atomic E-state index is 12.2. The fraction of sp³-hybridized carbons (Fsp3) is 0.333. The summed E-state index contributed by atoms with van der Waals surface area (Å²) in [5.41, 5.74) is 0.487. The van der Waals surface area contributed by atoms with Crippen molar-refractivity contribution in [3.63, 3.8) is 0 Å². The molecular formula is C12H11ClN2O2. The first-order valence-corrected chi connectivity index (χ1v) is 5.86. The van der Waals surface area contributed by atoms with Crippen molar-refractivity contribution in [3.8, 4) is 0 Å². The van der Waals surface area contributed by atoms with Crippen LogP contribution in [0.15, 0.2) is 29.3 Å². The number of halogens is 1. The molecule has 5 heteroatoms. The SMILES string of the molecule is O=c1c2c(Cl)cccc2ncn1C1CC1CO. The monoisotopic (exact) mass is 250 g/mol. The van der Waals surface area contributed by atoms with Gasteiger partial charge in [0.2, 0.25) is 0 Å². The van der Waals surface area contributed by atoms with E-state index in [9.17, 15) is 4.79 Å². The molecule has 0 bridgehead atoms. The lowest BCUT2D eigenvalue weighted by Gasteiger charge is -2.06. The maximum Gasteiger partial charge on any atom is 0.262 e. The summed E-state index contributed by atoms with van der Waals surface area (Å²) in [4.78, 5) is 16.5. The number of aliphatic hydroxyl groups is 1. The second kappa shape index (κ2) is 3.82. The predicted molar refractivity (Wildman–Crippen MR) is 65.2 cm³/mol. The van der Waals surface area contributed by atoms with Crippen molar-refractivity contribution < 1.29 is 5.11 Å². The summed E-state index contributed by atoms with van der Waals surface area (Å²) in [5.74, 6) is 0.175. The lowest BCUT2D eigenvalue weighted by atomic mass is 10.2. The van der Waals surface area contributed by atoms with E-state index in [0.29, 0.717) is 15.9 Å². The molecule has 2 aromatic rings. The molecule has 0 saturated heterocycles. The van der Waals surface area contributed by atoms with Crippen LogP contribution in [-0.2, 0) is 0 Å². The van der Waals surface area contributed by atoms with E-state index in [4.69, 9.17) is 16.7 Å². The van der Waals surface area contributed by atoms with Crippen LogP contribution < -0.4 is 5.56 Å². The lowest BCUT2D eigenvalue weighted by Crippen LogP contribution is -2.20. The average molecular weight is 251 g/mol. The third-order valence-corrected chi connectivity index (χ3v) is 3.55. The molecule has 17 heavy (non-hydrogen) atoms. The first-order chi connectivity index (χ1) is 8.22. The van der Waals surface area contributed by atoms with Crippen LogP contribution in [0.25, 0.3) is 10.9 Å². The average Bonchev–Trinajstić information content (AvgIpc) is 3.09. The second-order valence-electron chi connectivity index (χ2n) is 4.34. The van der Waals surface area contributed by atoms with E-state index in [2.05, 4.69) is 4.98 Å². The number of hydrogen-bond acceptors (Lipinski definition) is 3. The topological polar surface area (TPSA) is 55.1 Å². The Labute approximate surface area is 102 Å². The van der Waals surface area contributed by atoms with Gasteiger partial charge in [-0.2, -0.15) is 0 Å². The highest BCUT2D eigenvalue weighted by molar-refractivity contribution is 6.35. The highest BCUT2D eigenvalue weighted by Gasteiger charge is 2.38. The molecule has 2 unspecified atom stereocenters. The molecule has 4 nitrogen and oxygen atoms in total. The maximum absolute atomic E-state index is 12.2. The third-order valence-electron chi connectivity index (χ3n) is 3.24. The molecule has 2 atom stereocenters. The first-order valence-electron chi connectivity index (χ1n) is 5.48. The van der Waals surface area contributed by atoms with E-state index < -0.39 is 0 Å². The highest BCUT2D eigenvalue weighted by Crippen LogP contribution is 2.41. The molecular weight excluding hydrogens is 240 g/mol. The number of nitrogens with zero attached hydrogens (tertiary/aromatic N) is 2. The van der Waals surface area contributed by atoms with Gasteiger partial charge in [-0.3, -0.25) is 9.36 Å². The van der Waals surface area contributed by atoms with Crippen LogP contribution in [0.4, 0.5) is 0 Å². The van der Waals surface area contributed by atoms with Gasteiger partial charge in [-0.1, -0.05) is 17.7 Å². The van der Waals surface area contributed by atoms with E-state index in [-0.39, 0.29) is 24.1 Å². The number of fused-ring (bicyclic) bond motifs is 1. The largest absolute Gasteiger partial charge is 0.396 e. The van der Waals surface area contributed by atoms with E-state index in [1.807, 2.05) is 0 Å². The Morgan fingerprint density at radius 3 is 3.06 bits per heavy atom. The Kier molecular flexibility index (Phi) is 2.42. The summed E-state index contributed by atoms with van der Waals surface area (Å²) >= 11 is 6.03. The third kappa shape index (κ3) is 1.64. The van der Waals surface area contributed by atoms with Gasteiger partial charge in [0.15, 0.2) is 0 Å². The van der Waals surface area contributed by atoms with Crippen LogP contribution in [0.5, 0.6) is 0 Å². The van der Waals surface area contributed by atoms with Crippen LogP contribution in [0.1, 0.15) is 12.5 Å². The fourth-order valence-electron chi connectivity index (χ4n) is 2.14. The summed E-state index contributed by atoms with van der Waals surface area (Å²) in [5, 5.41) is 9.92. The number of rotatable bonds is 2. The van der Waals surface area contributed by atoms with Crippen molar-refractivity contribution >= 4 is 22.5 Å². The zero-order chi connectivity index (χ0) is 12.0. The molecule has 1 aromatic carbocycles. The molecule has 0 radical (unpaired) electrons. The van der Waals surface area contributed by atoms with Gasteiger partial charge in [0.1, 0.15) is 0 Å².